The third-order valence-electron chi connectivity index (χ3n) is 5.56. The second-order valence-corrected chi connectivity index (χ2v) is 7.41. The van der Waals surface area contributed by atoms with Gasteiger partial charge in [-0.25, -0.2) is 0 Å². The monoisotopic (exact) mass is 365 g/mol. The van der Waals surface area contributed by atoms with Gasteiger partial charge < -0.3 is 20.9 Å². The van der Waals surface area contributed by atoms with Crippen LogP contribution in [-0.2, 0) is 9.59 Å². The van der Waals surface area contributed by atoms with E-state index in [-0.39, 0.29) is 17.7 Å². The van der Waals surface area contributed by atoms with Gasteiger partial charge in [-0.3, -0.25) is 14.6 Å². The van der Waals surface area contributed by atoms with Crippen molar-refractivity contribution in [2.75, 3.05) is 40.3 Å². The zero-order chi connectivity index (χ0) is 18.8. The van der Waals surface area contributed by atoms with Gasteiger partial charge in [-0.15, -0.1) is 0 Å². The Morgan fingerprint density at radius 3 is 2.27 bits per heavy atom. The summed E-state index contributed by atoms with van der Waals surface area (Å²) in [5.74, 6) is 1.88. The maximum atomic E-state index is 12.2. The maximum Gasteiger partial charge on any atom is 0.223 e. The van der Waals surface area contributed by atoms with Crippen LogP contribution in [0.4, 0.5) is 0 Å². The molecule has 1 heterocycles. The predicted molar refractivity (Wildman–Crippen MR) is 104 cm³/mol. The molecule has 0 atom stereocenters. The molecular formula is C19H35N5O2. The summed E-state index contributed by atoms with van der Waals surface area (Å²) >= 11 is 0. The van der Waals surface area contributed by atoms with Gasteiger partial charge in [-0.1, -0.05) is 19.3 Å². The van der Waals surface area contributed by atoms with E-state index in [1.807, 2.05) is 0 Å². The Kier molecular flexibility index (Phi) is 8.71. The fraction of sp³-hybridized carbons (Fsp3) is 0.842. The Labute approximate surface area is 157 Å². The van der Waals surface area contributed by atoms with E-state index < -0.39 is 0 Å². The number of guanidine groups is 1. The SMILES string of the molecule is CN=C(NCCNC(=O)C1CCCCC1)N1CCC(CC(=O)NC)CC1. The van der Waals surface area contributed by atoms with Gasteiger partial charge in [0.1, 0.15) is 0 Å². The summed E-state index contributed by atoms with van der Waals surface area (Å²) < 4.78 is 0. The normalized spacial score (nSPS) is 19.9. The zero-order valence-corrected chi connectivity index (χ0v) is 16.4. The average Bonchev–Trinajstić information content (AvgIpc) is 2.69. The number of rotatable bonds is 6. The quantitative estimate of drug-likeness (QED) is 0.374. The minimum Gasteiger partial charge on any atom is -0.359 e. The van der Waals surface area contributed by atoms with E-state index in [1.165, 1.54) is 19.3 Å². The molecule has 0 aromatic carbocycles. The van der Waals surface area contributed by atoms with Crippen LogP contribution in [0.2, 0.25) is 0 Å². The lowest BCUT2D eigenvalue weighted by molar-refractivity contribution is -0.126. The minimum absolute atomic E-state index is 0.125. The fourth-order valence-electron chi connectivity index (χ4n) is 3.91. The molecule has 2 aliphatic rings. The molecule has 0 bridgehead atoms. The molecule has 2 fully saturated rings. The number of carbonyl (C=O) groups is 2. The molecule has 2 rings (SSSR count). The lowest BCUT2D eigenvalue weighted by atomic mass is 9.89. The number of nitrogens with one attached hydrogen (secondary N) is 3. The fourth-order valence-corrected chi connectivity index (χ4v) is 3.91. The number of aliphatic imine (C=N–C) groups is 1. The first kappa shape index (κ1) is 20.5. The first-order chi connectivity index (χ1) is 12.6. The van der Waals surface area contributed by atoms with E-state index in [1.54, 1.807) is 14.1 Å². The molecule has 26 heavy (non-hydrogen) atoms. The van der Waals surface area contributed by atoms with Crippen LogP contribution in [0.25, 0.3) is 0 Å². The molecule has 1 saturated heterocycles. The second kappa shape index (κ2) is 11.0. The molecule has 0 aromatic rings. The molecule has 1 saturated carbocycles. The highest BCUT2D eigenvalue weighted by molar-refractivity contribution is 5.80. The van der Waals surface area contributed by atoms with Gasteiger partial charge in [-0.2, -0.15) is 0 Å². The molecule has 148 valence electrons. The maximum absolute atomic E-state index is 12.2. The number of nitrogens with zero attached hydrogens (tertiary/aromatic N) is 2. The summed E-state index contributed by atoms with van der Waals surface area (Å²) in [5.41, 5.74) is 0. The minimum atomic E-state index is 0.125. The molecule has 0 unspecified atom stereocenters. The summed E-state index contributed by atoms with van der Waals surface area (Å²) in [6, 6.07) is 0. The van der Waals surface area contributed by atoms with Crippen molar-refractivity contribution in [3.05, 3.63) is 0 Å². The van der Waals surface area contributed by atoms with Crippen LogP contribution in [0.15, 0.2) is 4.99 Å². The van der Waals surface area contributed by atoms with E-state index in [4.69, 9.17) is 0 Å². The Bertz CT molecular complexity index is 480. The molecular weight excluding hydrogens is 330 g/mol. The lowest BCUT2D eigenvalue weighted by Gasteiger charge is -2.34. The van der Waals surface area contributed by atoms with E-state index >= 15 is 0 Å². The molecule has 0 radical (unpaired) electrons. The van der Waals surface area contributed by atoms with Crippen LogP contribution in [0.1, 0.15) is 51.4 Å². The summed E-state index contributed by atoms with van der Waals surface area (Å²) in [6.45, 7) is 3.14. The second-order valence-electron chi connectivity index (χ2n) is 7.41. The van der Waals surface area contributed by atoms with Gasteiger partial charge in [0.25, 0.3) is 0 Å². The largest absolute Gasteiger partial charge is 0.359 e. The standard InChI is InChI=1S/C19H35N5O2/c1-20-17(25)14-15-8-12-24(13-9-15)19(21-2)23-11-10-22-18(26)16-6-4-3-5-7-16/h15-16H,3-14H2,1-2H3,(H,20,25)(H,21,23)(H,22,26). The highest BCUT2D eigenvalue weighted by Crippen LogP contribution is 2.23. The van der Waals surface area contributed by atoms with Crippen molar-refractivity contribution in [1.82, 2.24) is 20.9 Å². The van der Waals surface area contributed by atoms with Crippen LogP contribution >= 0.6 is 0 Å². The molecule has 1 aliphatic heterocycles. The Balaban J connectivity index is 1.63. The Morgan fingerprint density at radius 1 is 1.00 bits per heavy atom. The highest BCUT2D eigenvalue weighted by Gasteiger charge is 2.23. The van der Waals surface area contributed by atoms with Gasteiger partial charge >= 0.3 is 0 Å². The Morgan fingerprint density at radius 2 is 1.65 bits per heavy atom. The molecule has 0 aromatic heterocycles. The van der Waals surface area contributed by atoms with E-state index in [2.05, 4.69) is 25.8 Å². The zero-order valence-electron chi connectivity index (χ0n) is 16.4. The van der Waals surface area contributed by atoms with E-state index in [0.29, 0.717) is 25.4 Å². The van der Waals surface area contributed by atoms with Crippen molar-refractivity contribution in [3.8, 4) is 0 Å². The van der Waals surface area contributed by atoms with Crippen LogP contribution in [0.3, 0.4) is 0 Å². The number of hydrogen-bond acceptors (Lipinski definition) is 3. The van der Waals surface area contributed by atoms with Crippen molar-refractivity contribution in [3.63, 3.8) is 0 Å². The van der Waals surface area contributed by atoms with Gasteiger partial charge in [0.05, 0.1) is 0 Å². The predicted octanol–water partition coefficient (Wildman–Crippen LogP) is 1.11. The van der Waals surface area contributed by atoms with Crippen LogP contribution in [-0.4, -0.2) is 62.9 Å². The van der Waals surface area contributed by atoms with E-state index in [0.717, 1.165) is 44.7 Å². The molecule has 2 amide bonds. The number of piperidine rings is 1. The summed E-state index contributed by atoms with van der Waals surface area (Å²) in [4.78, 5) is 30.3. The third-order valence-corrected chi connectivity index (χ3v) is 5.56. The molecule has 3 N–H and O–H groups in total. The van der Waals surface area contributed by atoms with Gasteiger partial charge in [0.15, 0.2) is 5.96 Å². The first-order valence-corrected chi connectivity index (χ1v) is 10.1. The van der Waals surface area contributed by atoms with Crippen LogP contribution in [0.5, 0.6) is 0 Å². The van der Waals surface area contributed by atoms with Gasteiger partial charge in [-0.05, 0) is 31.6 Å². The van der Waals surface area contributed by atoms with Crippen molar-refractivity contribution in [2.45, 2.75) is 51.4 Å². The van der Waals surface area contributed by atoms with E-state index in [9.17, 15) is 9.59 Å². The first-order valence-electron chi connectivity index (χ1n) is 10.1. The van der Waals surface area contributed by atoms with Gasteiger partial charge in [0.2, 0.25) is 11.8 Å². The van der Waals surface area contributed by atoms with Crippen molar-refractivity contribution < 1.29 is 9.59 Å². The summed E-state index contributed by atoms with van der Waals surface area (Å²) in [6.07, 6.45) is 8.32. The third kappa shape index (κ3) is 6.50. The number of likely N-dealkylation sites (tertiary alicyclic amines) is 1. The number of amides is 2. The smallest absolute Gasteiger partial charge is 0.223 e. The van der Waals surface area contributed by atoms with Crippen LogP contribution < -0.4 is 16.0 Å². The summed E-state index contributed by atoms with van der Waals surface area (Å²) in [5, 5.41) is 9.10. The lowest BCUT2D eigenvalue weighted by Crippen LogP contribution is -2.48. The summed E-state index contributed by atoms with van der Waals surface area (Å²) in [7, 11) is 3.48. The number of hydrogen-bond donors (Lipinski definition) is 3. The molecule has 7 nitrogen and oxygen atoms in total. The number of carbonyl (C=O) groups excluding carboxylic acids is 2. The Hall–Kier alpha value is -1.79. The average molecular weight is 366 g/mol. The topological polar surface area (TPSA) is 85.8 Å². The van der Waals surface area contributed by atoms with Crippen molar-refractivity contribution >= 4 is 17.8 Å². The molecule has 7 heteroatoms. The van der Waals surface area contributed by atoms with Gasteiger partial charge in [0, 0.05) is 52.6 Å². The molecule has 1 aliphatic carbocycles. The van der Waals surface area contributed by atoms with Crippen molar-refractivity contribution in [1.29, 1.82) is 0 Å². The highest BCUT2D eigenvalue weighted by atomic mass is 16.2. The molecule has 0 spiro atoms. The van der Waals surface area contributed by atoms with Crippen molar-refractivity contribution in [2.24, 2.45) is 16.8 Å². The van der Waals surface area contributed by atoms with Crippen LogP contribution in [0, 0.1) is 11.8 Å².